The van der Waals surface area contributed by atoms with E-state index in [-0.39, 0.29) is 29.4 Å². The Balaban J connectivity index is 2.34. The molecule has 1 aliphatic rings. The molecule has 27 heavy (non-hydrogen) atoms. The quantitative estimate of drug-likeness (QED) is 0.589. The monoisotopic (exact) mass is 397 g/mol. The number of hydrogen-bond acceptors (Lipinski definition) is 4. The smallest absolute Gasteiger partial charge is 0.196 e. The second-order valence-electron chi connectivity index (χ2n) is 7.75. The van der Waals surface area contributed by atoms with Crippen LogP contribution in [0.25, 0.3) is 5.57 Å². The maximum absolute atomic E-state index is 15.2. The summed E-state index contributed by atoms with van der Waals surface area (Å²) < 4.78 is 30.8. The maximum Gasteiger partial charge on any atom is 0.196 e. The first-order chi connectivity index (χ1) is 12.7. The van der Waals surface area contributed by atoms with Crippen molar-refractivity contribution in [2.75, 3.05) is 24.4 Å². The molecule has 0 spiro atoms. The van der Waals surface area contributed by atoms with E-state index in [9.17, 15) is 14.1 Å². The van der Waals surface area contributed by atoms with Gasteiger partial charge in [0.15, 0.2) is 17.0 Å². The zero-order valence-corrected chi connectivity index (χ0v) is 17.0. The molecular formula is C19H28FN3O3S. The summed E-state index contributed by atoms with van der Waals surface area (Å²) in [4.78, 5) is 10.9. The van der Waals surface area contributed by atoms with Crippen molar-refractivity contribution in [3.63, 3.8) is 0 Å². The molecule has 2 unspecified atom stereocenters. The van der Waals surface area contributed by atoms with Crippen molar-refractivity contribution in [2.24, 2.45) is 5.41 Å². The number of rotatable bonds is 8. The zero-order valence-electron chi connectivity index (χ0n) is 16.2. The van der Waals surface area contributed by atoms with E-state index >= 15 is 4.39 Å². The number of carbonyl (C=O) groups excluding carboxylic acids is 1. The van der Waals surface area contributed by atoms with Crippen LogP contribution in [-0.2, 0) is 16.0 Å². The van der Waals surface area contributed by atoms with E-state index in [1.54, 1.807) is 0 Å². The van der Waals surface area contributed by atoms with Gasteiger partial charge in [0, 0.05) is 18.2 Å². The van der Waals surface area contributed by atoms with Crippen LogP contribution in [0.1, 0.15) is 39.2 Å². The molecule has 1 aromatic rings. The van der Waals surface area contributed by atoms with E-state index in [4.69, 9.17) is 0 Å². The van der Waals surface area contributed by atoms with E-state index in [2.05, 4.69) is 30.8 Å². The van der Waals surface area contributed by atoms with Crippen LogP contribution < -0.4 is 14.3 Å². The molecular weight excluding hydrogens is 369 g/mol. The number of aldehydes is 1. The van der Waals surface area contributed by atoms with Gasteiger partial charge in [-0.3, -0.25) is 4.31 Å². The van der Waals surface area contributed by atoms with Crippen molar-refractivity contribution < 1.29 is 18.5 Å². The predicted octanol–water partition coefficient (Wildman–Crippen LogP) is 2.52. The maximum atomic E-state index is 15.2. The lowest BCUT2D eigenvalue weighted by atomic mass is 9.89. The number of phenolic OH excluding ortho intramolecular Hbond substituents is 1. The third-order valence-electron chi connectivity index (χ3n) is 4.47. The van der Waals surface area contributed by atoms with Gasteiger partial charge in [0.05, 0.1) is 6.54 Å². The second-order valence-corrected chi connectivity index (χ2v) is 9.10. The molecule has 0 saturated heterocycles. The molecule has 0 aliphatic carbocycles. The van der Waals surface area contributed by atoms with Gasteiger partial charge < -0.3 is 15.2 Å². The van der Waals surface area contributed by atoms with E-state index in [1.165, 1.54) is 19.2 Å². The fourth-order valence-electron chi connectivity index (χ4n) is 3.02. The molecule has 0 amide bonds. The molecule has 0 radical (unpaired) electrons. The predicted molar refractivity (Wildman–Crippen MR) is 107 cm³/mol. The number of hydrogen-bond donors (Lipinski definition) is 3. The molecule has 1 heterocycles. The van der Waals surface area contributed by atoms with Crippen LogP contribution in [0.5, 0.6) is 5.75 Å². The Morgan fingerprint density at radius 3 is 2.74 bits per heavy atom. The van der Waals surface area contributed by atoms with E-state index in [0.717, 1.165) is 22.7 Å². The number of benzene rings is 1. The van der Waals surface area contributed by atoms with Gasteiger partial charge in [-0.25, -0.2) is 13.3 Å². The van der Waals surface area contributed by atoms with Crippen molar-refractivity contribution >= 4 is 28.7 Å². The van der Waals surface area contributed by atoms with E-state index in [0.29, 0.717) is 18.4 Å². The average Bonchev–Trinajstić information content (AvgIpc) is 3.06. The normalized spacial score (nSPS) is 18.3. The Labute approximate surface area is 162 Å². The van der Waals surface area contributed by atoms with Gasteiger partial charge in [-0.15, -0.1) is 0 Å². The molecule has 0 saturated carbocycles. The highest BCUT2D eigenvalue weighted by Gasteiger charge is 2.26. The van der Waals surface area contributed by atoms with Crippen molar-refractivity contribution in [2.45, 2.75) is 39.7 Å². The Morgan fingerprint density at radius 2 is 2.15 bits per heavy atom. The summed E-state index contributed by atoms with van der Waals surface area (Å²) in [5.41, 5.74) is 1.10. The number of nitrogens with one attached hydrogen (secondary N) is 2. The highest BCUT2D eigenvalue weighted by molar-refractivity contribution is 7.84. The summed E-state index contributed by atoms with van der Waals surface area (Å²) in [6.45, 7) is 6.75. The number of aromatic hydroxyl groups is 1. The lowest BCUT2D eigenvalue weighted by Crippen LogP contribution is -2.35. The minimum Gasteiger partial charge on any atom is -0.506 e. The zero-order chi connectivity index (χ0) is 20.2. The highest BCUT2D eigenvalue weighted by Crippen LogP contribution is 2.36. The molecule has 2 rings (SSSR count). The SMILES string of the molecule is CNS(=O)N(CC=O)c1c(O)ccc(C2=CC(CCC(C)(C)C)NC2)c1F. The number of nitrogens with zero attached hydrogens (tertiary/aromatic N) is 1. The van der Waals surface area contributed by atoms with Crippen LogP contribution in [-0.4, -0.2) is 41.8 Å². The first-order valence-corrected chi connectivity index (χ1v) is 10.0. The third kappa shape index (κ3) is 5.37. The Kier molecular flexibility index (Phi) is 7.13. The van der Waals surface area contributed by atoms with Crippen molar-refractivity contribution in [3.05, 3.63) is 29.6 Å². The van der Waals surface area contributed by atoms with Crippen molar-refractivity contribution in [3.8, 4) is 5.75 Å². The molecule has 1 aromatic carbocycles. The van der Waals surface area contributed by atoms with Gasteiger partial charge in [-0.1, -0.05) is 26.8 Å². The number of phenols is 1. The topological polar surface area (TPSA) is 81.7 Å². The summed E-state index contributed by atoms with van der Waals surface area (Å²) in [7, 11) is 1.43. The first-order valence-electron chi connectivity index (χ1n) is 8.94. The number of anilines is 1. The van der Waals surface area contributed by atoms with Gasteiger partial charge in [-0.2, -0.15) is 0 Å². The molecule has 3 N–H and O–H groups in total. The summed E-state index contributed by atoms with van der Waals surface area (Å²) in [6.07, 6.45) is 4.50. The van der Waals surface area contributed by atoms with Crippen molar-refractivity contribution in [1.82, 2.24) is 10.0 Å². The number of carbonyl (C=O) groups is 1. The van der Waals surface area contributed by atoms with Gasteiger partial charge in [0.2, 0.25) is 0 Å². The fourth-order valence-corrected chi connectivity index (χ4v) is 3.78. The molecule has 0 bridgehead atoms. The van der Waals surface area contributed by atoms with E-state index < -0.39 is 17.0 Å². The minimum atomic E-state index is -1.85. The van der Waals surface area contributed by atoms with Crippen LogP contribution >= 0.6 is 0 Å². The Bertz CT molecular complexity index is 746. The molecule has 2 atom stereocenters. The van der Waals surface area contributed by atoms with Crippen LogP contribution in [0.4, 0.5) is 10.1 Å². The second kappa shape index (κ2) is 8.95. The minimum absolute atomic E-state index is 0.161. The average molecular weight is 398 g/mol. The summed E-state index contributed by atoms with van der Waals surface area (Å²) in [5.74, 6) is -1.05. The lowest BCUT2D eigenvalue weighted by molar-refractivity contribution is -0.106. The fraction of sp³-hybridized carbons (Fsp3) is 0.526. The Morgan fingerprint density at radius 1 is 1.44 bits per heavy atom. The van der Waals surface area contributed by atoms with Crippen LogP contribution in [0.15, 0.2) is 18.2 Å². The molecule has 6 nitrogen and oxygen atoms in total. The number of halogens is 1. The molecule has 150 valence electrons. The van der Waals surface area contributed by atoms with Crippen LogP contribution in [0.2, 0.25) is 0 Å². The largest absolute Gasteiger partial charge is 0.506 e. The summed E-state index contributed by atoms with van der Waals surface area (Å²) >= 11 is -1.85. The van der Waals surface area contributed by atoms with E-state index in [1.807, 2.05) is 6.08 Å². The molecule has 0 fully saturated rings. The van der Waals surface area contributed by atoms with Gasteiger partial charge in [-0.05, 0) is 43.0 Å². The summed E-state index contributed by atoms with van der Waals surface area (Å²) in [5, 5.41) is 13.5. The van der Waals surface area contributed by atoms with Crippen molar-refractivity contribution in [1.29, 1.82) is 0 Å². The third-order valence-corrected chi connectivity index (χ3v) is 5.55. The van der Waals surface area contributed by atoms with Gasteiger partial charge in [0.1, 0.15) is 17.7 Å². The highest BCUT2D eigenvalue weighted by atomic mass is 32.2. The lowest BCUT2D eigenvalue weighted by Gasteiger charge is -2.22. The first kappa shape index (κ1) is 21.5. The van der Waals surface area contributed by atoms with Gasteiger partial charge in [0.25, 0.3) is 0 Å². The van der Waals surface area contributed by atoms with Gasteiger partial charge >= 0.3 is 0 Å². The van der Waals surface area contributed by atoms with Crippen LogP contribution in [0, 0.1) is 11.2 Å². The Hall–Kier alpha value is -1.77. The summed E-state index contributed by atoms with van der Waals surface area (Å²) in [6, 6.07) is 3.03. The van der Waals surface area contributed by atoms with Crippen LogP contribution in [0.3, 0.4) is 0 Å². The molecule has 8 heteroatoms. The molecule has 1 aliphatic heterocycles. The molecule has 0 aromatic heterocycles. The standard InChI is InChI=1S/C19H28FN3O3S/c1-19(2,3)8-7-14-11-13(12-22-14)15-5-6-16(25)18(17(15)20)23(9-10-24)27(26)21-4/h5-6,10-11,14,21-22,25H,7-9,12H2,1-4H3.